The summed E-state index contributed by atoms with van der Waals surface area (Å²) in [7, 11) is 1.22. The highest BCUT2D eigenvalue weighted by Gasteiger charge is 2.43. The number of hydrogen-bond donors (Lipinski definition) is 1. The number of aliphatic carboxylic acids is 1. The van der Waals surface area contributed by atoms with Crippen molar-refractivity contribution in [3.8, 4) is 0 Å². The lowest BCUT2D eigenvalue weighted by Crippen LogP contribution is -2.34. The van der Waals surface area contributed by atoms with E-state index in [1.807, 2.05) is 0 Å². The first-order chi connectivity index (χ1) is 9.06. The van der Waals surface area contributed by atoms with Gasteiger partial charge in [0.05, 0.1) is 18.8 Å². The molecule has 2 aliphatic rings. The van der Waals surface area contributed by atoms with E-state index in [9.17, 15) is 9.59 Å². The van der Waals surface area contributed by atoms with Crippen LogP contribution in [0.5, 0.6) is 0 Å². The molecule has 2 unspecified atom stereocenters. The van der Waals surface area contributed by atoms with Gasteiger partial charge in [-0.05, 0) is 32.1 Å². The SMILES string of the molecule is COC(=O)C(CC1CCC2(CCCCC2)O1)C(=O)O. The summed E-state index contributed by atoms with van der Waals surface area (Å²) in [5, 5.41) is 9.08. The van der Waals surface area contributed by atoms with Crippen LogP contribution in [0.2, 0.25) is 0 Å². The number of ether oxygens (including phenoxy) is 2. The number of esters is 1. The standard InChI is InChI=1S/C14H22O5/c1-18-13(17)11(12(15)16)9-10-5-8-14(19-10)6-3-2-4-7-14/h10-11H,2-9H2,1H3,(H,15,16). The molecule has 2 rings (SSSR count). The van der Waals surface area contributed by atoms with Gasteiger partial charge in [0, 0.05) is 0 Å². The van der Waals surface area contributed by atoms with Crippen molar-refractivity contribution in [2.75, 3.05) is 7.11 Å². The molecular weight excluding hydrogens is 248 g/mol. The summed E-state index contributed by atoms with van der Waals surface area (Å²) in [5.74, 6) is -2.91. The van der Waals surface area contributed by atoms with Gasteiger partial charge in [-0.15, -0.1) is 0 Å². The molecular formula is C14H22O5. The van der Waals surface area contributed by atoms with E-state index in [1.165, 1.54) is 26.4 Å². The molecule has 0 radical (unpaired) electrons. The van der Waals surface area contributed by atoms with E-state index in [0.717, 1.165) is 25.7 Å². The van der Waals surface area contributed by atoms with Crippen LogP contribution in [0.3, 0.4) is 0 Å². The highest BCUT2D eigenvalue weighted by Crippen LogP contribution is 2.43. The lowest BCUT2D eigenvalue weighted by Gasteiger charge is -2.33. The number of hydrogen-bond acceptors (Lipinski definition) is 4. The Morgan fingerprint density at radius 1 is 1.32 bits per heavy atom. The maximum Gasteiger partial charge on any atom is 0.320 e. The third-order valence-corrected chi connectivity index (χ3v) is 4.39. The Labute approximate surface area is 113 Å². The zero-order valence-electron chi connectivity index (χ0n) is 11.4. The average molecular weight is 270 g/mol. The Bertz CT molecular complexity index is 346. The minimum absolute atomic E-state index is 0.0396. The van der Waals surface area contributed by atoms with Gasteiger partial charge < -0.3 is 14.6 Å². The van der Waals surface area contributed by atoms with Gasteiger partial charge in [-0.1, -0.05) is 19.3 Å². The van der Waals surface area contributed by atoms with Crippen molar-refractivity contribution in [1.82, 2.24) is 0 Å². The first-order valence-corrected chi connectivity index (χ1v) is 7.05. The monoisotopic (exact) mass is 270 g/mol. The molecule has 0 aromatic rings. The zero-order chi connectivity index (χ0) is 13.9. The smallest absolute Gasteiger partial charge is 0.320 e. The van der Waals surface area contributed by atoms with Crippen molar-refractivity contribution < 1.29 is 24.2 Å². The maximum atomic E-state index is 11.5. The summed E-state index contributed by atoms with van der Waals surface area (Å²) in [4.78, 5) is 22.5. The number of carbonyl (C=O) groups is 2. The molecule has 2 fully saturated rings. The van der Waals surface area contributed by atoms with Gasteiger partial charge in [0.25, 0.3) is 0 Å². The fraction of sp³-hybridized carbons (Fsp3) is 0.857. The van der Waals surface area contributed by atoms with Gasteiger partial charge in [-0.3, -0.25) is 9.59 Å². The number of rotatable bonds is 4. The Morgan fingerprint density at radius 2 is 2.00 bits per heavy atom. The van der Waals surface area contributed by atoms with Gasteiger partial charge in [-0.25, -0.2) is 0 Å². The molecule has 1 saturated carbocycles. The van der Waals surface area contributed by atoms with Crippen molar-refractivity contribution in [1.29, 1.82) is 0 Å². The van der Waals surface area contributed by atoms with Crippen LogP contribution in [0.4, 0.5) is 0 Å². The second kappa shape index (κ2) is 5.90. The first kappa shape index (κ1) is 14.3. The van der Waals surface area contributed by atoms with Gasteiger partial charge in [-0.2, -0.15) is 0 Å². The first-order valence-electron chi connectivity index (χ1n) is 7.05. The van der Waals surface area contributed by atoms with E-state index < -0.39 is 17.9 Å². The Balaban J connectivity index is 1.93. The number of carboxylic acids is 1. The van der Waals surface area contributed by atoms with E-state index in [-0.39, 0.29) is 18.1 Å². The molecule has 5 heteroatoms. The normalized spacial score (nSPS) is 27.1. The van der Waals surface area contributed by atoms with Crippen LogP contribution in [0.25, 0.3) is 0 Å². The van der Waals surface area contributed by atoms with Crippen LogP contribution >= 0.6 is 0 Å². The molecule has 2 atom stereocenters. The lowest BCUT2D eigenvalue weighted by atomic mass is 9.83. The van der Waals surface area contributed by atoms with Crippen molar-refractivity contribution >= 4 is 11.9 Å². The topological polar surface area (TPSA) is 72.8 Å². The summed E-state index contributed by atoms with van der Waals surface area (Å²) in [6.07, 6.45) is 7.71. The number of carboxylic acid groups (broad SMARTS) is 1. The van der Waals surface area contributed by atoms with E-state index >= 15 is 0 Å². The van der Waals surface area contributed by atoms with Gasteiger partial charge in [0.2, 0.25) is 0 Å². The Hall–Kier alpha value is -1.10. The van der Waals surface area contributed by atoms with E-state index in [0.29, 0.717) is 0 Å². The van der Waals surface area contributed by atoms with Gasteiger partial charge in [0.15, 0.2) is 5.92 Å². The molecule has 5 nitrogen and oxygen atoms in total. The molecule has 19 heavy (non-hydrogen) atoms. The molecule has 1 N–H and O–H groups in total. The van der Waals surface area contributed by atoms with Crippen LogP contribution in [-0.4, -0.2) is 35.9 Å². The molecule has 1 spiro atoms. The molecule has 1 aliphatic carbocycles. The molecule has 1 saturated heterocycles. The fourth-order valence-corrected chi connectivity index (χ4v) is 3.33. The number of methoxy groups -OCH3 is 1. The quantitative estimate of drug-likeness (QED) is 0.626. The Morgan fingerprint density at radius 3 is 2.58 bits per heavy atom. The zero-order valence-corrected chi connectivity index (χ0v) is 11.4. The van der Waals surface area contributed by atoms with Crippen molar-refractivity contribution in [3.63, 3.8) is 0 Å². The third kappa shape index (κ3) is 3.26. The fourth-order valence-electron chi connectivity index (χ4n) is 3.33. The second-order valence-electron chi connectivity index (χ2n) is 5.67. The van der Waals surface area contributed by atoms with Crippen LogP contribution in [-0.2, 0) is 19.1 Å². The highest BCUT2D eigenvalue weighted by molar-refractivity contribution is 5.93. The molecule has 108 valence electrons. The molecule has 0 bridgehead atoms. The predicted octanol–water partition coefficient (Wildman–Crippen LogP) is 2.13. The minimum Gasteiger partial charge on any atom is -0.481 e. The maximum absolute atomic E-state index is 11.5. The van der Waals surface area contributed by atoms with Gasteiger partial charge >= 0.3 is 11.9 Å². The summed E-state index contributed by atoms with van der Waals surface area (Å²) >= 11 is 0. The predicted molar refractivity (Wildman–Crippen MR) is 67.7 cm³/mol. The molecule has 0 aromatic heterocycles. The summed E-state index contributed by atoms with van der Waals surface area (Å²) in [6.45, 7) is 0. The van der Waals surface area contributed by atoms with Crippen LogP contribution < -0.4 is 0 Å². The van der Waals surface area contributed by atoms with Crippen molar-refractivity contribution in [2.24, 2.45) is 5.92 Å². The van der Waals surface area contributed by atoms with E-state index in [4.69, 9.17) is 9.84 Å². The van der Waals surface area contributed by atoms with E-state index in [1.54, 1.807) is 0 Å². The van der Waals surface area contributed by atoms with E-state index in [2.05, 4.69) is 4.74 Å². The molecule has 0 amide bonds. The van der Waals surface area contributed by atoms with Crippen molar-refractivity contribution in [3.05, 3.63) is 0 Å². The van der Waals surface area contributed by atoms with Crippen molar-refractivity contribution in [2.45, 2.75) is 63.1 Å². The molecule has 0 aromatic carbocycles. The summed E-state index contributed by atoms with van der Waals surface area (Å²) in [5.41, 5.74) is -0.0396. The van der Waals surface area contributed by atoms with Crippen LogP contribution in [0.1, 0.15) is 51.4 Å². The number of carbonyl (C=O) groups excluding carboxylic acids is 1. The molecule has 1 aliphatic heterocycles. The Kier molecular flexibility index (Phi) is 4.45. The van der Waals surface area contributed by atoms with Gasteiger partial charge in [0.1, 0.15) is 0 Å². The minimum atomic E-state index is -1.12. The lowest BCUT2D eigenvalue weighted by molar-refractivity contribution is -0.159. The molecule has 1 heterocycles. The highest BCUT2D eigenvalue weighted by atomic mass is 16.5. The third-order valence-electron chi connectivity index (χ3n) is 4.39. The average Bonchev–Trinajstić information content (AvgIpc) is 2.78. The summed E-state index contributed by atoms with van der Waals surface area (Å²) in [6, 6.07) is 0. The van der Waals surface area contributed by atoms with Crippen LogP contribution in [0, 0.1) is 5.92 Å². The second-order valence-corrected chi connectivity index (χ2v) is 5.67. The largest absolute Gasteiger partial charge is 0.481 e. The summed E-state index contributed by atoms with van der Waals surface area (Å²) < 4.78 is 10.6. The van der Waals surface area contributed by atoms with Crippen LogP contribution in [0.15, 0.2) is 0 Å².